The zero-order valence-corrected chi connectivity index (χ0v) is 20.1. The van der Waals surface area contributed by atoms with Crippen LogP contribution < -0.4 is 15.4 Å². The highest BCUT2D eigenvalue weighted by atomic mass is 19.1. The van der Waals surface area contributed by atoms with E-state index in [0.29, 0.717) is 35.1 Å². The fourth-order valence-electron chi connectivity index (χ4n) is 4.33. The molecule has 2 aromatic heterocycles. The third kappa shape index (κ3) is 6.32. The number of rotatable bonds is 8. The molecule has 0 aliphatic heterocycles. The maximum absolute atomic E-state index is 13.6. The molecule has 3 N–H and O–H groups in total. The Labute approximate surface area is 207 Å². The number of nitrogens with one attached hydrogen (secondary N) is 2. The van der Waals surface area contributed by atoms with Gasteiger partial charge in [0.2, 0.25) is 5.82 Å². The number of benzene rings is 1. The smallest absolute Gasteiger partial charge is 0.404 e. The lowest BCUT2D eigenvalue weighted by Gasteiger charge is -2.27. The third-order valence-corrected chi connectivity index (χ3v) is 6.16. The second kappa shape index (κ2) is 11.1. The number of carbonyl (C=O) groups is 2. The van der Waals surface area contributed by atoms with Crippen molar-refractivity contribution < 1.29 is 23.8 Å². The minimum Gasteiger partial charge on any atom is -0.494 e. The summed E-state index contributed by atoms with van der Waals surface area (Å²) in [5.41, 5.74) is 2.14. The molecule has 0 unspecified atom stereocenters. The minimum atomic E-state index is -0.989. The van der Waals surface area contributed by atoms with Crippen LogP contribution in [0.3, 0.4) is 0 Å². The Bertz CT molecular complexity index is 1240. The van der Waals surface area contributed by atoms with Crippen molar-refractivity contribution in [2.24, 2.45) is 5.92 Å². The molecule has 3 aromatic rings. The number of aryl methyl sites for hydroxylation is 1. The highest BCUT2D eigenvalue weighted by Crippen LogP contribution is 2.26. The number of carbonyl (C=O) groups excluding carboxylic acids is 1. The number of hydrogen-bond donors (Lipinski definition) is 3. The number of amides is 2. The topological polar surface area (TPSA) is 144 Å². The number of hydrogen-bond acceptors (Lipinski definition) is 7. The van der Waals surface area contributed by atoms with E-state index in [2.05, 4.69) is 31.0 Å². The van der Waals surface area contributed by atoms with Crippen LogP contribution >= 0.6 is 0 Å². The molecule has 36 heavy (non-hydrogen) atoms. The number of aromatic nitrogens is 5. The highest BCUT2D eigenvalue weighted by molar-refractivity contribution is 5.93. The maximum Gasteiger partial charge on any atom is 0.404 e. The SMILES string of the molecule is COc1cc(CNC(=O)c2cc(-c3nnn(CC4CCC(NC(=O)O)CC4)n3)cc(C)n2)ccc1F. The van der Waals surface area contributed by atoms with E-state index >= 15 is 0 Å². The Morgan fingerprint density at radius 1 is 1.19 bits per heavy atom. The fraction of sp³-hybridized carbons (Fsp3) is 0.417. The van der Waals surface area contributed by atoms with Crippen LogP contribution in [0.5, 0.6) is 5.75 Å². The van der Waals surface area contributed by atoms with Crippen LogP contribution in [0.2, 0.25) is 0 Å². The first kappa shape index (κ1) is 25.0. The van der Waals surface area contributed by atoms with Crippen LogP contribution in [0.15, 0.2) is 30.3 Å². The first-order valence-corrected chi connectivity index (χ1v) is 11.7. The largest absolute Gasteiger partial charge is 0.494 e. The number of halogens is 1. The molecule has 0 radical (unpaired) electrons. The Balaban J connectivity index is 1.38. The summed E-state index contributed by atoms with van der Waals surface area (Å²) in [4.78, 5) is 29.4. The minimum absolute atomic E-state index is 0.00698. The van der Waals surface area contributed by atoms with Crippen LogP contribution in [-0.2, 0) is 13.1 Å². The number of pyridine rings is 1. The molecule has 1 aliphatic rings. The summed E-state index contributed by atoms with van der Waals surface area (Å²) in [5, 5.41) is 27.0. The molecule has 1 aromatic carbocycles. The van der Waals surface area contributed by atoms with Gasteiger partial charge in [0, 0.05) is 23.8 Å². The van der Waals surface area contributed by atoms with Crippen molar-refractivity contribution in [3.05, 3.63) is 53.1 Å². The van der Waals surface area contributed by atoms with Gasteiger partial charge >= 0.3 is 6.09 Å². The number of tetrazole rings is 1. The molecule has 0 atom stereocenters. The summed E-state index contributed by atoms with van der Waals surface area (Å²) in [6, 6.07) is 7.78. The lowest BCUT2D eigenvalue weighted by molar-refractivity contribution is 0.0945. The van der Waals surface area contributed by atoms with E-state index < -0.39 is 11.9 Å². The van der Waals surface area contributed by atoms with Gasteiger partial charge in [-0.15, -0.1) is 10.2 Å². The van der Waals surface area contributed by atoms with Gasteiger partial charge in [-0.2, -0.15) is 4.80 Å². The number of methoxy groups -OCH3 is 1. The summed E-state index contributed by atoms with van der Waals surface area (Å²) in [6.07, 6.45) is 2.33. The van der Waals surface area contributed by atoms with E-state index in [0.717, 1.165) is 25.7 Å². The van der Waals surface area contributed by atoms with Crippen molar-refractivity contribution in [1.29, 1.82) is 0 Å². The van der Waals surface area contributed by atoms with Crippen molar-refractivity contribution in [2.45, 2.75) is 51.7 Å². The first-order valence-electron chi connectivity index (χ1n) is 11.7. The van der Waals surface area contributed by atoms with Gasteiger partial charge in [0.15, 0.2) is 11.6 Å². The Morgan fingerprint density at radius 2 is 1.97 bits per heavy atom. The van der Waals surface area contributed by atoms with Crippen molar-refractivity contribution in [1.82, 2.24) is 35.8 Å². The van der Waals surface area contributed by atoms with Gasteiger partial charge in [0.1, 0.15) is 5.69 Å². The molecule has 2 heterocycles. The molecule has 190 valence electrons. The Hall–Kier alpha value is -4.09. The van der Waals surface area contributed by atoms with Crippen molar-refractivity contribution in [3.63, 3.8) is 0 Å². The standard InChI is InChI=1S/C24H28FN7O4/c1-14-9-17(11-20(27-14)23(33)26-12-16-5-8-19(25)21(10-16)36-2)22-29-31-32(30-22)13-15-3-6-18(7-4-15)28-24(34)35/h5,8-11,15,18,28H,3-4,6-7,12-13H2,1-2H3,(H,26,33)(H,34,35). The van der Waals surface area contributed by atoms with Gasteiger partial charge < -0.3 is 20.5 Å². The lowest BCUT2D eigenvalue weighted by Crippen LogP contribution is -2.37. The molecule has 1 aliphatic carbocycles. The number of nitrogens with zero attached hydrogens (tertiary/aromatic N) is 5. The summed E-state index contributed by atoms with van der Waals surface area (Å²) < 4.78 is 18.6. The molecule has 11 nitrogen and oxygen atoms in total. The van der Waals surface area contributed by atoms with Crippen LogP contribution in [-0.4, -0.2) is 55.4 Å². The van der Waals surface area contributed by atoms with Gasteiger partial charge in [-0.1, -0.05) is 6.07 Å². The van der Waals surface area contributed by atoms with Crippen LogP contribution in [0.1, 0.15) is 47.4 Å². The van der Waals surface area contributed by atoms with Gasteiger partial charge in [-0.05, 0) is 73.6 Å². The zero-order valence-electron chi connectivity index (χ0n) is 20.1. The van der Waals surface area contributed by atoms with E-state index in [4.69, 9.17) is 9.84 Å². The normalized spacial score (nSPS) is 17.4. The molecular weight excluding hydrogens is 469 g/mol. The highest BCUT2D eigenvalue weighted by Gasteiger charge is 2.23. The van der Waals surface area contributed by atoms with Gasteiger partial charge in [0.25, 0.3) is 5.91 Å². The van der Waals surface area contributed by atoms with Crippen molar-refractivity contribution >= 4 is 12.0 Å². The summed E-state index contributed by atoms with van der Waals surface area (Å²) in [6.45, 7) is 2.55. The molecule has 4 rings (SSSR count). The van der Waals surface area contributed by atoms with Crippen LogP contribution in [0.25, 0.3) is 11.4 Å². The predicted molar refractivity (Wildman–Crippen MR) is 127 cm³/mol. The second-order valence-corrected chi connectivity index (χ2v) is 8.87. The molecule has 2 amide bonds. The fourth-order valence-corrected chi connectivity index (χ4v) is 4.33. The Kier molecular flexibility index (Phi) is 7.71. The predicted octanol–water partition coefficient (Wildman–Crippen LogP) is 2.95. The molecule has 0 spiro atoms. The van der Waals surface area contributed by atoms with Gasteiger partial charge in [-0.25, -0.2) is 14.2 Å². The average Bonchev–Trinajstić information content (AvgIpc) is 3.32. The molecule has 12 heteroatoms. The molecular formula is C24H28FN7O4. The summed E-state index contributed by atoms with van der Waals surface area (Å²) in [5.74, 6) is -0.0243. The van der Waals surface area contributed by atoms with Gasteiger partial charge in [-0.3, -0.25) is 4.79 Å². The molecule has 0 bridgehead atoms. The number of carboxylic acid groups (broad SMARTS) is 1. The number of ether oxygens (including phenoxy) is 1. The van der Waals surface area contributed by atoms with E-state index in [1.807, 2.05) is 0 Å². The summed E-state index contributed by atoms with van der Waals surface area (Å²) in [7, 11) is 1.38. The summed E-state index contributed by atoms with van der Waals surface area (Å²) >= 11 is 0. The quantitative estimate of drug-likeness (QED) is 0.431. The maximum atomic E-state index is 13.6. The van der Waals surface area contributed by atoms with E-state index in [9.17, 15) is 14.0 Å². The molecule has 1 saturated carbocycles. The first-order chi connectivity index (χ1) is 17.3. The van der Waals surface area contributed by atoms with Crippen molar-refractivity contribution in [3.8, 4) is 17.1 Å². The van der Waals surface area contributed by atoms with Crippen molar-refractivity contribution in [2.75, 3.05) is 7.11 Å². The monoisotopic (exact) mass is 497 g/mol. The lowest BCUT2D eigenvalue weighted by atomic mass is 9.86. The van der Waals surface area contributed by atoms with Gasteiger partial charge in [0.05, 0.1) is 13.7 Å². The third-order valence-electron chi connectivity index (χ3n) is 6.16. The zero-order chi connectivity index (χ0) is 25.7. The molecule has 0 saturated heterocycles. The van der Waals surface area contributed by atoms with E-state index in [1.54, 1.807) is 29.9 Å². The average molecular weight is 498 g/mol. The molecule has 1 fully saturated rings. The van der Waals surface area contributed by atoms with E-state index in [-0.39, 0.29) is 29.9 Å². The Morgan fingerprint density at radius 3 is 2.69 bits per heavy atom. The van der Waals surface area contributed by atoms with Crippen LogP contribution in [0, 0.1) is 18.7 Å². The van der Waals surface area contributed by atoms with Crippen LogP contribution in [0.4, 0.5) is 9.18 Å². The van der Waals surface area contributed by atoms with E-state index in [1.165, 1.54) is 19.2 Å². The second-order valence-electron chi connectivity index (χ2n) is 8.87.